The topological polar surface area (TPSA) is 95.9 Å². The molecule has 1 saturated heterocycles. The molecule has 1 heterocycles. The monoisotopic (exact) mass is 366 g/mol. The maximum absolute atomic E-state index is 13.4. The second-order valence-electron chi connectivity index (χ2n) is 6.46. The molecule has 1 aliphatic heterocycles. The van der Waals surface area contributed by atoms with Crippen LogP contribution in [0, 0.1) is 11.6 Å². The van der Waals surface area contributed by atoms with Gasteiger partial charge >= 0.3 is 12.1 Å². The second-order valence-corrected chi connectivity index (χ2v) is 6.46. The summed E-state index contributed by atoms with van der Waals surface area (Å²) in [6, 6.07) is 2.19. The van der Waals surface area contributed by atoms with Crippen molar-refractivity contribution in [2.75, 3.05) is 11.4 Å². The first-order valence-electron chi connectivity index (χ1n) is 7.88. The van der Waals surface area contributed by atoms with E-state index in [9.17, 15) is 23.2 Å². The van der Waals surface area contributed by atoms with Crippen LogP contribution in [0.5, 0.6) is 0 Å². The molecule has 2 aliphatic rings. The fraction of sp³-hybridized carbons (Fsp3) is 0.353. The zero-order valence-corrected chi connectivity index (χ0v) is 13.8. The first kappa shape index (κ1) is 17.8. The third kappa shape index (κ3) is 3.37. The standard InChI is InChI=1S/C17H16F2N2O5/c1-17(15(24)20-12-3-2-9(4-12)14(22)23)8-21(16(25)26-17)13-6-10(18)5-11(19)7-13/h2,5-7,12H,3-4,8H2,1H3,(H,20,24)(H,22,23)/t12-,17?/m0/s1. The van der Waals surface area contributed by atoms with Crippen LogP contribution in [0.1, 0.15) is 19.8 Å². The van der Waals surface area contributed by atoms with Crippen LogP contribution in [-0.2, 0) is 14.3 Å². The molecule has 2 amide bonds. The van der Waals surface area contributed by atoms with Gasteiger partial charge in [-0.15, -0.1) is 0 Å². The van der Waals surface area contributed by atoms with Crippen molar-refractivity contribution >= 4 is 23.7 Å². The number of nitrogens with zero attached hydrogens (tertiary/aromatic N) is 1. The van der Waals surface area contributed by atoms with E-state index in [2.05, 4.69) is 5.32 Å². The fourth-order valence-corrected chi connectivity index (χ4v) is 3.00. The van der Waals surface area contributed by atoms with Crippen molar-refractivity contribution in [3.8, 4) is 0 Å². The lowest BCUT2D eigenvalue weighted by atomic mass is 10.0. The summed E-state index contributed by atoms with van der Waals surface area (Å²) in [5, 5.41) is 11.6. The van der Waals surface area contributed by atoms with E-state index in [4.69, 9.17) is 9.84 Å². The van der Waals surface area contributed by atoms with Crippen LogP contribution in [0.3, 0.4) is 0 Å². The Kier molecular flexibility index (Phi) is 4.39. The van der Waals surface area contributed by atoms with Crippen molar-refractivity contribution in [2.45, 2.75) is 31.4 Å². The average Bonchev–Trinajstić information content (AvgIpc) is 3.11. The minimum atomic E-state index is -1.56. The number of nitrogens with one attached hydrogen (secondary N) is 1. The lowest BCUT2D eigenvalue weighted by Gasteiger charge is -2.23. The van der Waals surface area contributed by atoms with E-state index < -0.39 is 41.2 Å². The van der Waals surface area contributed by atoms with Gasteiger partial charge in [0.15, 0.2) is 0 Å². The van der Waals surface area contributed by atoms with Gasteiger partial charge in [0, 0.05) is 17.7 Å². The number of rotatable bonds is 4. The Labute approximate surface area is 147 Å². The van der Waals surface area contributed by atoms with E-state index >= 15 is 0 Å². The Balaban J connectivity index is 1.70. The Morgan fingerprint density at radius 3 is 2.54 bits per heavy atom. The number of carboxylic acids is 1. The first-order valence-corrected chi connectivity index (χ1v) is 7.88. The highest BCUT2D eigenvalue weighted by Gasteiger charge is 2.48. The van der Waals surface area contributed by atoms with Crippen LogP contribution < -0.4 is 10.2 Å². The van der Waals surface area contributed by atoms with Crippen molar-refractivity contribution < 1.29 is 33.0 Å². The van der Waals surface area contributed by atoms with Crippen LogP contribution in [0.2, 0.25) is 0 Å². The maximum atomic E-state index is 13.4. The van der Waals surface area contributed by atoms with E-state index in [0.717, 1.165) is 17.0 Å². The molecule has 0 aromatic heterocycles. The molecule has 9 heteroatoms. The Hall–Kier alpha value is -2.97. The number of hydrogen-bond donors (Lipinski definition) is 2. The highest BCUT2D eigenvalue weighted by Crippen LogP contribution is 2.30. The zero-order chi connectivity index (χ0) is 19.1. The molecule has 3 rings (SSSR count). The van der Waals surface area contributed by atoms with Gasteiger partial charge in [0.1, 0.15) is 11.6 Å². The maximum Gasteiger partial charge on any atom is 0.415 e. The molecule has 0 bridgehead atoms. The highest BCUT2D eigenvalue weighted by molar-refractivity contribution is 5.98. The molecule has 2 N–H and O–H groups in total. The molecule has 138 valence electrons. The number of hydrogen-bond acceptors (Lipinski definition) is 4. The summed E-state index contributed by atoms with van der Waals surface area (Å²) < 4.78 is 31.9. The van der Waals surface area contributed by atoms with Crippen molar-refractivity contribution in [2.24, 2.45) is 0 Å². The predicted octanol–water partition coefficient (Wildman–Crippen LogP) is 1.97. The van der Waals surface area contributed by atoms with Crippen LogP contribution >= 0.6 is 0 Å². The van der Waals surface area contributed by atoms with Crippen molar-refractivity contribution in [1.29, 1.82) is 0 Å². The summed E-state index contributed by atoms with van der Waals surface area (Å²) in [5.41, 5.74) is -1.41. The summed E-state index contributed by atoms with van der Waals surface area (Å²) in [4.78, 5) is 36.5. The molecule has 7 nitrogen and oxygen atoms in total. The number of aliphatic carboxylic acids is 1. The van der Waals surface area contributed by atoms with E-state index in [1.54, 1.807) is 0 Å². The van der Waals surface area contributed by atoms with Crippen molar-refractivity contribution in [3.05, 3.63) is 41.5 Å². The van der Waals surface area contributed by atoms with Gasteiger partial charge in [0.05, 0.1) is 12.2 Å². The molecule has 1 aromatic carbocycles. The van der Waals surface area contributed by atoms with Gasteiger partial charge in [0.2, 0.25) is 5.60 Å². The molecule has 26 heavy (non-hydrogen) atoms. The number of amides is 2. The third-order valence-electron chi connectivity index (χ3n) is 4.36. The normalized spacial score (nSPS) is 25.0. The summed E-state index contributed by atoms with van der Waals surface area (Å²) >= 11 is 0. The third-order valence-corrected chi connectivity index (χ3v) is 4.36. The minimum Gasteiger partial charge on any atom is -0.478 e. The molecule has 2 atom stereocenters. The molecule has 0 radical (unpaired) electrons. The van der Waals surface area contributed by atoms with Crippen molar-refractivity contribution in [3.63, 3.8) is 0 Å². The number of anilines is 1. The Morgan fingerprint density at radius 1 is 1.31 bits per heavy atom. The number of ether oxygens (including phenoxy) is 1. The van der Waals surface area contributed by atoms with E-state index in [0.29, 0.717) is 12.5 Å². The lowest BCUT2D eigenvalue weighted by molar-refractivity contribution is -0.136. The summed E-state index contributed by atoms with van der Waals surface area (Å²) in [5.74, 6) is -3.36. The van der Waals surface area contributed by atoms with Crippen LogP contribution in [0.4, 0.5) is 19.3 Å². The smallest absolute Gasteiger partial charge is 0.415 e. The van der Waals surface area contributed by atoms with Gasteiger partial charge in [-0.05, 0) is 31.9 Å². The van der Waals surface area contributed by atoms with Gasteiger partial charge in [0.25, 0.3) is 5.91 Å². The largest absolute Gasteiger partial charge is 0.478 e. The van der Waals surface area contributed by atoms with Crippen LogP contribution in [-0.4, -0.2) is 41.3 Å². The van der Waals surface area contributed by atoms with Gasteiger partial charge in [-0.2, -0.15) is 0 Å². The van der Waals surface area contributed by atoms with Gasteiger partial charge in [-0.1, -0.05) is 6.08 Å². The Bertz CT molecular complexity index is 805. The quantitative estimate of drug-likeness (QED) is 0.849. The van der Waals surface area contributed by atoms with E-state index in [1.807, 2.05) is 0 Å². The fourth-order valence-electron chi connectivity index (χ4n) is 3.00. The summed E-state index contributed by atoms with van der Waals surface area (Å²) in [7, 11) is 0. The number of cyclic esters (lactones) is 1. The molecular weight excluding hydrogens is 350 g/mol. The average molecular weight is 366 g/mol. The van der Waals surface area contributed by atoms with E-state index in [-0.39, 0.29) is 24.2 Å². The molecule has 1 unspecified atom stereocenters. The summed E-state index contributed by atoms with van der Waals surface area (Å²) in [6.45, 7) is 1.16. The molecule has 0 spiro atoms. The molecule has 1 aromatic rings. The van der Waals surface area contributed by atoms with Crippen molar-refractivity contribution in [1.82, 2.24) is 5.32 Å². The van der Waals surface area contributed by atoms with Crippen LogP contribution in [0.25, 0.3) is 0 Å². The number of carboxylic acid groups (broad SMARTS) is 1. The van der Waals surface area contributed by atoms with Gasteiger partial charge < -0.3 is 15.2 Å². The SMILES string of the molecule is CC1(C(=O)N[C@H]2CC=C(C(=O)O)C2)CN(c2cc(F)cc(F)c2)C(=O)O1. The lowest BCUT2D eigenvalue weighted by Crippen LogP contribution is -2.50. The number of benzene rings is 1. The van der Waals surface area contributed by atoms with Gasteiger partial charge in [-0.25, -0.2) is 18.4 Å². The second kappa shape index (κ2) is 6.40. The minimum absolute atomic E-state index is 0.0558. The Morgan fingerprint density at radius 2 is 1.96 bits per heavy atom. The molecular formula is C17H16F2N2O5. The summed E-state index contributed by atoms with van der Waals surface area (Å²) in [6.07, 6.45) is 1.15. The van der Waals surface area contributed by atoms with Crippen LogP contribution in [0.15, 0.2) is 29.8 Å². The number of halogens is 2. The zero-order valence-electron chi connectivity index (χ0n) is 13.8. The molecule has 1 aliphatic carbocycles. The molecule has 0 saturated carbocycles. The predicted molar refractivity (Wildman–Crippen MR) is 85.5 cm³/mol. The molecule has 1 fully saturated rings. The number of carbonyl (C=O) groups is 3. The van der Waals surface area contributed by atoms with E-state index in [1.165, 1.54) is 13.0 Å². The highest BCUT2D eigenvalue weighted by atomic mass is 19.1. The number of carbonyl (C=O) groups excluding carboxylic acids is 2. The van der Waals surface area contributed by atoms with Gasteiger partial charge in [-0.3, -0.25) is 9.69 Å². The first-order chi connectivity index (χ1) is 12.2.